The molecule has 2 rings (SSSR count). The van der Waals surface area contributed by atoms with E-state index in [1.807, 2.05) is 0 Å². The third kappa shape index (κ3) is 3.03. The minimum atomic E-state index is -0.332. The van der Waals surface area contributed by atoms with Gasteiger partial charge in [0, 0.05) is 16.6 Å². The van der Waals surface area contributed by atoms with E-state index in [1.54, 1.807) is 24.3 Å². The van der Waals surface area contributed by atoms with E-state index in [0.717, 1.165) is 16.7 Å². The van der Waals surface area contributed by atoms with Crippen molar-refractivity contribution in [2.45, 2.75) is 0 Å². The van der Waals surface area contributed by atoms with Crippen LogP contribution in [0.2, 0.25) is 10.0 Å². The molecule has 0 N–H and O–H groups in total. The number of carbonyl (C=O) groups excluding carboxylic acids is 2. The van der Waals surface area contributed by atoms with Gasteiger partial charge in [-0.05, 0) is 35.5 Å². The van der Waals surface area contributed by atoms with Crippen LogP contribution in [0.25, 0.3) is 6.08 Å². The molecule has 19 heavy (non-hydrogen) atoms. The first-order valence-corrected chi connectivity index (χ1v) is 6.91. The fraction of sp³-hybridized carbons (Fsp3) is 0.0769. The zero-order chi connectivity index (χ0) is 14.0. The third-order valence-electron chi connectivity index (χ3n) is 2.43. The number of halogens is 2. The molecule has 1 aliphatic heterocycles. The molecule has 0 radical (unpaired) electrons. The maximum Gasteiger partial charge on any atom is 0.293 e. The van der Waals surface area contributed by atoms with Crippen LogP contribution in [-0.4, -0.2) is 22.6 Å². The van der Waals surface area contributed by atoms with Crippen LogP contribution in [0.15, 0.2) is 35.8 Å². The maximum atomic E-state index is 12.0. The van der Waals surface area contributed by atoms with Crippen molar-refractivity contribution in [3.63, 3.8) is 0 Å². The lowest BCUT2D eigenvalue weighted by Crippen LogP contribution is -2.27. The minimum Gasteiger partial charge on any atom is -0.268 e. The van der Waals surface area contributed by atoms with Crippen LogP contribution in [0.1, 0.15) is 5.56 Å². The predicted octanol–water partition coefficient (Wildman–Crippen LogP) is 4.22. The molecule has 3 nitrogen and oxygen atoms in total. The number of imide groups is 1. The largest absolute Gasteiger partial charge is 0.293 e. The summed E-state index contributed by atoms with van der Waals surface area (Å²) in [6, 6.07) is 4.96. The monoisotopic (exact) mass is 313 g/mol. The number of thioether (sulfide) groups is 1. The van der Waals surface area contributed by atoms with E-state index in [9.17, 15) is 9.59 Å². The van der Waals surface area contributed by atoms with Gasteiger partial charge in [0.25, 0.3) is 11.1 Å². The molecular weight excluding hydrogens is 305 g/mol. The molecule has 6 heteroatoms. The fourth-order valence-corrected chi connectivity index (χ4v) is 2.85. The van der Waals surface area contributed by atoms with Crippen molar-refractivity contribution < 1.29 is 9.59 Å². The van der Waals surface area contributed by atoms with Gasteiger partial charge in [-0.15, -0.1) is 6.58 Å². The first kappa shape index (κ1) is 14.2. The first-order chi connectivity index (χ1) is 9.02. The Morgan fingerprint density at radius 3 is 2.68 bits per heavy atom. The van der Waals surface area contributed by atoms with Gasteiger partial charge in [0.2, 0.25) is 0 Å². The van der Waals surface area contributed by atoms with E-state index < -0.39 is 0 Å². The highest BCUT2D eigenvalue weighted by molar-refractivity contribution is 8.18. The van der Waals surface area contributed by atoms with Gasteiger partial charge >= 0.3 is 0 Å². The average molecular weight is 314 g/mol. The number of benzene rings is 1. The van der Waals surface area contributed by atoms with Crippen LogP contribution in [0, 0.1) is 0 Å². The second kappa shape index (κ2) is 5.82. The summed E-state index contributed by atoms with van der Waals surface area (Å²) in [5.41, 5.74) is 0.648. The SMILES string of the molecule is C=CCN1C(=O)S/C(=C\c2ccc(Cl)cc2Cl)C1=O. The summed E-state index contributed by atoms with van der Waals surface area (Å²) >= 11 is 12.7. The molecule has 0 spiro atoms. The number of amides is 2. The molecule has 0 aliphatic carbocycles. The molecule has 0 atom stereocenters. The van der Waals surface area contributed by atoms with Gasteiger partial charge in [-0.25, -0.2) is 0 Å². The molecule has 1 heterocycles. The van der Waals surface area contributed by atoms with Gasteiger partial charge in [0.1, 0.15) is 0 Å². The number of rotatable bonds is 3. The number of carbonyl (C=O) groups is 2. The first-order valence-electron chi connectivity index (χ1n) is 5.34. The Kier molecular flexibility index (Phi) is 4.34. The Labute approximate surface area is 124 Å². The van der Waals surface area contributed by atoms with E-state index >= 15 is 0 Å². The normalized spacial score (nSPS) is 17.4. The Hall–Kier alpha value is -1.23. The lowest BCUT2D eigenvalue weighted by atomic mass is 10.2. The molecule has 0 aromatic heterocycles. The van der Waals surface area contributed by atoms with E-state index in [4.69, 9.17) is 23.2 Å². The maximum absolute atomic E-state index is 12.0. The van der Waals surface area contributed by atoms with Crippen LogP contribution in [-0.2, 0) is 4.79 Å². The highest BCUT2D eigenvalue weighted by atomic mass is 35.5. The Balaban J connectivity index is 2.32. The van der Waals surface area contributed by atoms with Crippen LogP contribution in [0.5, 0.6) is 0 Å². The quantitative estimate of drug-likeness (QED) is 0.619. The van der Waals surface area contributed by atoms with Crippen molar-refractivity contribution in [2.24, 2.45) is 0 Å². The van der Waals surface area contributed by atoms with Gasteiger partial charge < -0.3 is 0 Å². The van der Waals surface area contributed by atoms with Crippen LogP contribution in [0.3, 0.4) is 0 Å². The summed E-state index contributed by atoms with van der Waals surface area (Å²) < 4.78 is 0. The summed E-state index contributed by atoms with van der Waals surface area (Å²) in [5, 5.41) is 0.645. The van der Waals surface area contributed by atoms with E-state index in [2.05, 4.69) is 6.58 Å². The third-order valence-corrected chi connectivity index (χ3v) is 3.90. The van der Waals surface area contributed by atoms with Crippen molar-refractivity contribution in [3.05, 3.63) is 51.4 Å². The lowest BCUT2D eigenvalue weighted by Gasteiger charge is -2.07. The second-order valence-corrected chi connectivity index (χ2v) is 5.58. The molecule has 1 saturated heterocycles. The summed E-state index contributed by atoms with van der Waals surface area (Å²) in [5.74, 6) is -0.332. The summed E-state index contributed by atoms with van der Waals surface area (Å²) in [4.78, 5) is 25.1. The molecular formula is C13H9Cl2NO2S. The van der Waals surface area contributed by atoms with E-state index in [0.29, 0.717) is 20.5 Å². The molecule has 1 aromatic rings. The van der Waals surface area contributed by atoms with E-state index in [-0.39, 0.29) is 17.7 Å². The van der Waals surface area contributed by atoms with Crippen molar-refractivity contribution in [2.75, 3.05) is 6.54 Å². The van der Waals surface area contributed by atoms with E-state index in [1.165, 1.54) is 6.08 Å². The van der Waals surface area contributed by atoms with Gasteiger partial charge in [-0.2, -0.15) is 0 Å². The molecule has 0 saturated carbocycles. The van der Waals surface area contributed by atoms with Gasteiger partial charge in [0.15, 0.2) is 0 Å². The Bertz CT molecular complexity index is 598. The molecule has 0 bridgehead atoms. The summed E-state index contributed by atoms with van der Waals surface area (Å²) in [7, 11) is 0. The zero-order valence-corrected chi connectivity index (χ0v) is 12.1. The fourth-order valence-electron chi connectivity index (χ4n) is 1.55. The Morgan fingerprint density at radius 1 is 1.32 bits per heavy atom. The zero-order valence-electron chi connectivity index (χ0n) is 9.73. The average Bonchev–Trinajstić information content (AvgIpc) is 2.61. The second-order valence-electron chi connectivity index (χ2n) is 3.75. The van der Waals surface area contributed by atoms with Crippen molar-refractivity contribution in [1.82, 2.24) is 4.90 Å². The lowest BCUT2D eigenvalue weighted by molar-refractivity contribution is -0.122. The molecule has 98 valence electrons. The topological polar surface area (TPSA) is 37.4 Å². The van der Waals surface area contributed by atoms with Crippen LogP contribution >= 0.6 is 35.0 Å². The highest BCUT2D eigenvalue weighted by Crippen LogP contribution is 2.33. The number of hydrogen-bond donors (Lipinski definition) is 0. The predicted molar refractivity (Wildman–Crippen MR) is 79.3 cm³/mol. The van der Waals surface area contributed by atoms with Crippen LogP contribution in [0.4, 0.5) is 4.79 Å². The van der Waals surface area contributed by atoms with Crippen molar-refractivity contribution in [3.8, 4) is 0 Å². The smallest absolute Gasteiger partial charge is 0.268 e. The highest BCUT2D eigenvalue weighted by Gasteiger charge is 2.34. The van der Waals surface area contributed by atoms with Gasteiger partial charge in [0.05, 0.1) is 4.91 Å². The van der Waals surface area contributed by atoms with Gasteiger partial charge in [-0.1, -0.05) is 35.3 Å². The van der Waals surface area contributed by atoms with Gasteiger partial charge in [-0.3, -0.25) is 14.5 Å². The minimum absolute atomic E-state index is 0.205. The number of nitrogens with zero attached hydrogens (tertiary/aromatic N) is 1. The van der Waals surface area contributed by atoms with Crippen molar-refractivity contribution >= 4 is 52.2 Å². The molecule has 2 amide bonds. The number of hydrogen-bond acceptors (Lipinski definition) is 3. The summed E-state index contributed by atoms with van der Waals surface area (Å²) in [6.07, 6.45) is 3.10. The molecule has 1 fully saturated rings. The molecule has 0 unspecified atom stereocenters. The molecule has 1 aromatic carbocycles. The van der Waals surface area contributed by atoms with Crippen molar-refractivity contribution in [1.29, 1.82) is 0 Å². The summed E-state index contributed by atoms with van der Waals surface area (Å²) in [6.45, 7) is 3.72. The molecule has 1 aliphatic rings. The van der Waals surface area contributed by atoms with Crippen LogP contribution < -0.4 is 0 Å². The standard InChI is InChI=1S/C13H9Cl2NO2S/c1-2-5-16-12(17)11(19-13(16)18)6-8-3-4-9(14)7-10(8)15/h2-4,6-7H,1,5H2/b11-6-. The Morgan fingerprint density at radius 2 is 2.05 bits per heavy atom.